The number of furan rings is 1. The molecule has 1 aromatic heterocycles. The zero-order chi connectivity index (χ0) is 11.4. The standard InChI is InChI=1S/C12H11NO2S/c1-14-10-6-4-9(5-7-10)13-12(16)11-3-2-8-15-11/h2-8H,1H3,(H,13,16). The predicted octanol–water partition coefficient (Wildman–Crippen LogP) is 3.08. The fourth-order valence-electron chi connectivity index (χ4n) is 1.27. The zero-order valence-corrected chi connectivity index (χ0v) is 9.58. The van der Waals surface area contributed by atoms with Gasteiger partial charge in [0.25, 0.3) is 0 Å². The van der Waals surface area contributed by atoms with Crippen molar-refractivity contribution in [3.63, 3.8) is 0 Å². The first-order valence-corrected chi connectivity index (χ1v) is 5.19. The number of thiocarbonyl (C=S) groups is 1. The van der Waals surface area contributed by atoms with Crippen molar-refractivity contribution in [1.82, 2.24) is 0 Å². The quantitative estimate of drug-likeness (QED) is 0.826. The lowest BCUT2D eigenvalue weighted by Gasteiger charge is -2.06. The lowest BCUT2D eigenvalue weighted by molar-refractivity contribution is 0.415. The van der Waals surface area contributed by atoms with Crippen molar-refractivity contribution in [3.05, 3.63) is 48.4 Å². The number of rotatable bonds is 3. The molecule has 0 amide bonds. The molecule has 0 radical (unpaired) electrons. The van der Waals surface area contributed by atoms with Crippen molar-refractivity contribution in [2.45, 2.75) is 0 Å². The molecule has 1 aromatic carbocycles. The fourth-order valence-corrected chi connectivity index (χ4v) is 1.51. The Morgan fingerprint density at radius 2 is 2.00 bits per heavy atom. The molecule has 16 heavy (non-hydrogen) atoms. The van der Waals surface area contributed by atoms with Gasteiger partial charge in [0.05, 0.1) is 13.4 Å². The maximum atomic E-state index is 5.18. The minimum absolute atomic E-state index is 0.565. The van der Waals surface area contributed by atoms with E-state index in [1.54, 1.807) is 19.4 Å². The van der Waals surface area contributed by atoms with Crippen LogP contribution in [0.3, 0.4) is 0 Å². The summed E-state index contributed by atoms with van der Waals surface area (Å²) in [6.07, 6.45) is 1.59. The Bertz CT molecular complexity index is 462. The molecule has 3 nitrogen and oxygen atoms in total. The number of ether oxygens (including phenoxy) is 1. The zero-order valence-electron chi connectivity index (χ0n) is 8.77. The van der Waals surface area contributed by atoms with Crippen molar-refractivity contribution >= 4 is 22.9 Å². The highest BCUT2D eigenvalue weighted by Crippen LogP contribution is 2.16. The molecule has 0 saturated carbocycles. The molecule has 0 aliphatic carbocycles. The molecule has 0 aliphatic heterocycles. The number of nitrogens with one attached hydrogen (secondary N) is 1. The number of anilines is 1. The van der Waals surface area contributed by atoms with E-state index >= 15 is 0 Å². The molecule has 82 valence electrons. The van der Waals surface area contributed by atoms with Crippen LogP contribution in [0.15, 0.2) is 47.1 Å². The molecule has 1 N–H and O–H groups in total. The van der Waals surface area contributed by atoms with Crippen LogP contribution in [0.25, 0.3) is 0 Å². The van der Waals surface area contributed by atoms with Crippen LogP contribution in [0.1, 0.15) is 5.76 Å². The van der Waals surface area contributed by atoms with Gasteiger partial charge in [0, 0.05) is 5.69 Å². The third-order valence-electron chi connectivity index (χ3n) is 2.09. The van der Waals surface area contributed by atoms with Crippen LogP contribution in [0, 0.1) is 0 Å². The Morgan fingerprint density at radius 1 is 1.25 bits per heavy atom. The molecular weight excluding hydrogens is 222 g/mol. The smallest absolute Gasteiger partial charge is 0.161 e. The summed E-state index contributed by atoms with van der Waals surface area (Å²) in [7, 11) is 1.63. The second-order valence-corrected chi connectivity index (χ2v) is 3.57. The minimum atomic E-state index is 0.565. The van der Waals surface area contributed by atoms with E-state index < -0.39 is 0 Å². The Balaban J connectivity index is 2.06. The molecular formula is C12H11NO2S. The second kappa shape index (κ2) is 4.81. The van der Waals surface area contributed by atoms with Gasteiger partial charge in [-0.05, 0) is 36.4 Å². The van der Waals surface area contributed by atoms with Gasteiger partial charge < -0.3 is 14.5 Å². The van der Waals surface area contributed by atoms with E-state index in [2.05, 4.69) is 5.32 Å². The van der Waals surface area contributed by atoms with E-state index in [0.717, 1.165) is 11.4 Å². The van der Waals surface area contributed by atoms with Gasteiger partial charge >= 0.3 is 0 Å². The van der Waals surface area contributed by atoms with Crippen LogP contribution in [-0.4, -0.2) is 12.1 Å². The summed E-state index contributed by atoms with van der Waals surface area (Å²) < 4.78 is 10.3. The highest BCUT2D eigenvalue weighted by molar-refractivity contribution is 7.81. The Hall–Kier alpha value is -1.81. The van der Waals surface area contributed by atoms with Crippen LogP contribution in [-0.2, 0) is 0 Å². The maximum absolute atomic E-state index is 5.18. The summed E-state index contributed by atoms with van der Waals surface area (Å²) in [5, 5.41) is 3.08. The molecule has 0 bridgehead atoms. The maximum Gasteiger partial charge on any atom is 0.161 e. The summed E-state index contributed by atoms with van der Waals surface area (Å²) in [5.74, 6) is 1.47. The average molecular weight is 233 g/mol. The van der Waals surface area contributed by atoms with Crippen molar-refractivity contribution < 1.29 is 9.15 Å². The van der Waals surface area contributed by atoms with E-state index in [1.165, 1.54) is 0 Å². The van der Waals surface area contributed by atoms with Gasteiger partial charge in [0.15, 0.2) is 5.76 Å². The largest absolute Gasteiger partial charge is 0.497 e. The molecule has 0 aliphatic rings. The number of hydrogen-bond acceptors (Lipinski definition) is 3. The predicted molar refractivity (Wildman–Crippen MR) is 67.0 cm³/mol. The summed E-state index contributed by atoms with van der Waals surface area (Å²) in [5.41, 5.74) is 0.905. The number of benzene rings is 1. The van der Waals surface area contributed by atoms with Gasteiger partial charge in [0.2, 0.25) is 0 Å². The molecule has 0 spiro atoms. The lowest BCUT2D eigenvalue weighted by atomic mass is 10.3. The van der Waals surface area contributed by atoms with Gasteiger partial charge in [-0.3, -0.25) is 0 Å². The highest BCUT2D eigenvalue weighted by atomic mass is 32.1. The van der Waals surface area contributed by atoms with Crippen LogP contribution in [0.5, 0.6) is 5.75 Å². The first-order chi connectivity index (χ1) is 7.79. The van der Waals surface area contributed by atoms with Gasteiger partial charge in [-0.1, -0.05) is 12.2 Å². The molecule has 0 unspecified atom stereocenters. The first-order valence-electron chi connectivity index (χ1n) is 4.78. The normalized spacial score (nSPS) is 9.81. The Morgan fingerprint density at radius 3 is 2.56 bits per heavy atom. The van der Waals surface area contributed by atoms with E-state index in [9.17, 15) is 0 Å². The van der Waals surface area contributed by atoms with Gasteiger partial charge in [-0.2, -0.15) is 0 Å². The summed E-state index contributed by atoms with van der Waals surface area (Å²) >= 11 is 5.18. The van der Waals surface area contributed by atoms with Crippen molar-refractivity contribution in [3.8, 4) is 5.75 Å². The fraction of sp³-hybridized carbons (Fsp3) is 0.0833. The minimum Gasteiger partial charge on any atom is -0.497 e. The van der Waals surface area contributed by atoms with Gasteiger partial charge in [-0.15, -0.1) is 0 Å². The molecule has 1 heterocycles. The first kappa shape index (κ1) is 10.7. The van der Waals surface area contributed by atoms with E-state index in [-0.39, 0.29) is 0 Å². The molecule has 0 saturated heterocycles. The monoisotopic (exact) mass is 233 g/mol. The van der Waals surface area contributed by atoms with Crippen LogP contribution >= 0.6 is 12.2 Å². The topological polar surface area (TPSA) is 34.4 Å². The van der Waals surface area contributed by atoms with Crippen molar-refractivity contribution in [2.24, 2.45) is 0 Å². The summed E-state index contributed by atoms with van der Waals surface area (Å²) in [6.45, 7) is 0. The summed E-state index contributed by atoms with van der Waals surface area (Å²) in [4.78, 5) is 0.565. The Labute approximate surface area is 99.0 Å². The van der Waals surface area contributed by atoms with Crippen LogP contribution in [0.4, 0.5) is 5.69 Å². The molecule has 2 aromatic rings. The highest BCUT2D eigenvalue weighted by Gasteiger charge is 2.03. The van der Waals surface area contributed by atoms with Crippen LogP contribution < -0.4 is 10.1 Å². The van der Waals surface area contributed by atoms with Gasteiger partial charge in [0.1, 0.15) is 10.7 Å². The summed E-state index contributed by atoms with van der Waals surface area (Å²) in [6, 6.07) is 11.2. The molecule has 4 heteroatoms. The lowest BCUT2D eigenvalue weighted by Crippen LogP contribution is -2.09. The number of hydrogen-bond donors (Lipinski definition) is 1. The second-order valence-electron chi connectivity index (χ2n) is 3.16. The van der Waals surface area contributed by atoms with Crippen molar-refractivity contribution in [1.29, 1.82) is 0 Å². The molecule has 0 atom stereocenters. The number of methoxy groups -OCH3 is 1. The third kappa shape index (κ3) is 2.41. The van der Waals surface area contributed by atoms with Gasteiger partial charge in [-0.25, -0.2) is 0 Å². The van der Waals surface area contributed by atoms with Crippen molar-refractivity contribution in [2.75, 3.05) is 12.4 Å². The van der Waals surface area contributed by atoms with E-state index in [1.807, 2.05) is 30.3 Å². The third-order valence-corrected chi connectivity index (χ3v) is 2.40. The molecule has 0 fully saturated rings. The van der Waals surface area contributed by atoms with E-state index in [4.69, 9.17) is 21.4 Å². The molecule has 2 rings (SSSR count). The Kier molecular flexibility index (Phi) is 3.22. The van der Waals surface area contributed by atoms with Crippen LogP contribution in [0.2, 0.25) is 0 Å². The average Bonchev–Trinajstić information content (AvgIpc) is 2.83. The SMILES string of the molecule is COc1ccc(NC(=S)c2ccco2)cc1. The van der Waals surface area contributed by atoms with E-state index in [0.29, 0.717) is 10.7 Å².